The quantitative estimate of drug-likeness (QED) is 0.299. The van der Waals surface area contributed by atoms with Crippen LogP contribution >= 0.6 is 11.8 Å². The molecule has 0 saturated heterocycles. The van der Waals surface area contributed by atoms with E-state index < -0.39 is 0 Å². The number of rotatable bonds is 7. The molecule has 29 heavy (non-hydrogen) atoms. The predicted molar refractivity (Wildman–Crippen MR) is 114 cm³/mol. The third-order valence-electron chi connectivity index (χ3n) is 4.43. The minimum absolute atomic E-state index is 0.0692. The average Bonchev–Trinajstić information content (AvgIpc) is 3.12. The van der Waals surface area contributed by atoms with Crippen molar-refractivity contribution in [1.82, 2.24) is 9.55 Å². The number of carbonyl (C=O) groups excluding carboxylic acids is 1. The van der Waals surface area contributed by atoms with Crippen molar-refractivity contribution >= 4 is 28.6 Å². The van der Waals surface area contributed by atoms with Crippen molar-refractivity contribution in [3.8, 4) is 11.4 Å². The van der Waals surface area contributed by atoms with Gasteiger partial charge in [0.2, 0.25) is 0 Å². The summed E-state index contributed by atoms with van der Waals surface area (Å²) in [5.41, 5.74) is 3.26. The second-order valence-corrected chi connectivity index (χ2v) is 7.31. The van der Waals surface area contributed by atoms with Gasteiger partial charge in [-0.3, -0.25) is 9.36 Å². The predicted octanol–water partition coefficient (Wildman–Crippen LogP) is 5.54. The van der Waals surface area contributed by atoms with Crippen LogP contribution in [0.4, 0.5) is 4.39 Å². The molecule has 0 fully saturated rings. The molecular weight excluding hydrogens is 387 g/mol. The van der Waals surface area contributed by atoms with Crippen LogP contribution in [-0.4, -0.2) is 27.7 Å². The maximum absolute atomic E-state index is 13.1. The molecule has 0 atom stereocenters. The summed E-state index contributed by atoms with van der Waals surface area (Å²) in [4.78, 5) is 17.2. The smallest absolute Gasteiger partial charge is 0.174 e. The first-order valence-electron chi connectivity index (χ1n) is 9.28. The standard InChI is InChI=1S/C23H19FN2O2S/c1-2-28-19-13-11-18(12-14-19)26-21-6-4-3-5-20(21)25-23(26)29-15-22(27)16-7-9-17(24)10-8-16/h3-14H,2,15H2,1H3. The molecule has 0 aliphatic rings. The number of para-hydroxylation sites is 2. The third-order valence-corrected chi connectivity index (χ3v) is 5.37. The molecule has 0 spiro atoms. The van der Waals surface area contributed by atoms with E-state index in [0.717, 1.165) is 27.6 Å². The van der Waals surface area contributed by atoms with Crippen LogP contribution in [0.15, 0.2) is 78.0 Å². The molecule has 0 amide bonds. The van der Waals surface area contributed by atoms with E-state index in [9.17, 15) is 9.18 Å². The molecule has 0 unspecified atom stereocenters. The lowest BCUT2D eigenvalue weighted by atomic mass is 10.1. The first-order chi connectivity index (χ1) is 14.2. The van der Waals surface area contributed by atoms with Gasteiger partial charge in [0.25, 0.3) is 0 Å². The van der Waals surface area contributed by atoms with E-state index >= 15 is 0 Å². The fourth-order valence-electron chi connectivity index (χ4n) is 3.06. The number of thioether (sulfide) groups is 1. The Balaban J connectivity index is 1.64. The number of carbonyl (C=O) groups is 1. The first kappa shape index (κ1) is 19.2. The van der Waals surface area contributed by atoms with E-state index in [1.165, 1.54) is 36.0 Å². The monoisotopic (exact) mass is 406 g/mol. The lowest BCUT2D eigenvalue weighted by Crippen LogP contribution is -2.04. The Kier molecular flexibility index (Phi) is 5.62. The van der Waals surface area contributed by atoms with Gasteiger partial charge in [-0.25, -0.2) is 9.37 Å². The van der Waals surface area contributed by atoms with Gasteiger partial charge in [0.15, 0.2) is 10.9 Å². The average molecular weight is 406 g/mol. The van der Waals surface area contributed by atoms with Crippen molar-refractivity contribution in [2.45, 2.75) is 12.1 Å². The van der Waals surface area contributed by atoms with Gasteiger partial charge in [-0.2, -0.15) is 0 Å². The molecule has 4 rings (SSSR count). The number of imidazole rings is 1. The van der Waals surface area contributed by atoms with Crippen LogP contribution in [0.1, 0.15) is 17.3 Å². The Bertz CT molecular complexity index is 1140. The van der Waals surface area contributed by atoms with Crippen LogP contribution < -0.4 is 4.74 Å². The number of ketones is 1. The largest absolute Gasteiger partial charge is 0.494 e. The van der Waals surface area contributed by atoms with Crippen LogP contribution in [-0.2, 0) is 0 Å². The van der Waals surface area contributed by atoms with Gasteiger partial charge in [0.05, 0.1) is 23.4 Å². The minimum atomic E-state index is -0.355. The van der Waals surface area contributed by atoms with Gasteiger partial charge in [0, 0.05) is 11.3 Å². The van der Waals surface area contributed by atoms with E-state index in [-0.39, 0.29) is 17.4 Å². The van der Waals surface area contributed by atoms with Gasteiger partial charge < -0.3 is 4.74 Å². The summed E-state index contributed by atoms with van der Waals surface area (Å²) in [6.45, 7) is 2.56. The van der Waals surface area contributed by atoms with Gasteiger partial charge in [-0.05, 0) is 67.6 Å². The van der Waals surface area contributed by atoms with Crippen molar-refractivity contribution in [2.24, 2.45) is 0 Å². The van der Waals surface area contributed by atoms with E-state index in [2.05, 4.69) is 0 Å². The summed E-state index contributed by atoms with van der Waals surface area (Å²) in [6.07, 6.45) is 0. The van der Waals surface area contributed by atoms with Crippen molar-refractivity contribution in [3.05, 3.63) is 84.2 Å². The van der Waals surface area contributed by atoms with Crippen LogP contribution in [0.3, 0.4) is 0 Å². The Morgan fingerprint density at radius 3 is 2.48 bits per heavy atom. The van der Waals surface area contributed by atoms with Crippen molar-refractivity contribution in [2.75, 3.05) is 12.4 Å². The molecule has 0 saturated carbocycles. The number of Topliss-reactive ketones (excluding diaryl/α,β-unsaturated/α-hetero) is 1. The fourth-order valence-corrected chi connectivity index (χ4v) is 3.98. The number of hydrogen-bond acceptors (Lipinski definition) is 4. The molecule has 4 aromatic rings. The number of aromatic nitrogens is 2. The lowest BCUT2D eigenvalue weighted by molar-refractivity contribution is 0.102. The van der Waals surface area contributed by atoms with Gasteiger partial charge >= 0.3 is 0 Å². The van der Waals surface area contributed by atoms with E-state index in [4.69, 9.17) is 9.72 Å². The maximum Gasteiger partial charge on any atom is 0.174 e. The molecule has 0 bridgehead atoms. The zero-order valence-corrected chi connectivity index (χ0v) is 16.7. The van der Waals surface area contributed by atoms with Crippen molar-refractivity contribution in [1.29, 1.82) is 0 Å². The summed E-state index contributed by atoms with van der Waals surface area (Å²) in [6, 6.07) is 21.3. The first-order valence-corrected chi connectivity index (χ1v) is 10.3. The molecule has 0 radical (unpaired) electrons. The Morgan fingerprint density at radius 2 is 1.76 bits per heavy atom. The molecular formula is C23H19FN2O2S. The SMILES string of the molecule is CCOc1ccc(-n2c(SCC(=O)c3ccc(F)cc3)nc3ccccc32)cc1. The second kappa shape index (κ2) is 8.49. The normalized spacial score (nSPS) is 11.0. The summed E-state index contributed by atoms with van der Waals surface area (Å²) in [5, 5.41) is 0.728. The van der Waals surface area contributed by atoms with Crippen molar-refractivity contribution < 1.29 is 13.9 Å². The summed E-state index contributed by atoms with van der Waals surface area (Å²) < 4.78 is 20.7. The van der Waals surface area contributed by atoms with Crippen LogP contribution in [0.2, 0.25) is 0 Å². The highest BCUT2D eigenvalue weighted by Crippen LogP contribution is 2.29. The number of halogens is 1. The molecule has 0 aliphatic heterocycles. The van der Waals surface area contributed by atoms with Gasteiger partial charge in [0.1, 0.15) is 11.6 Å². The van der Waals surface area contributed by atoms with E-state index in [0.29, 0.717) is 12.2 Å². The maximum atomic E-state index is 13.1. The molecule has 0 N–H and O–H groups in total. The number of fused-ring (bicyclic) bond motifs is 1. The zero-order chi connectivity index (χ0) is 20.2. The summed E-state index contributed by atoms with van der Waals surface area (Å²) >= 11 is 1.37. The number of benzene rings is 3. The van der Waals surface area contributed by atoms with Crippen LogP contribution in [0, 0.1) is 5.82 Å². The highest BCUT2D eigenvalue weighted by atomic mass is 32.2. The van der Waals surface area contributed by atoms with Gasteiger partial charge in [-0.1, -0.05) is 23.9 Å². The summed E-state index contributed by atoms with van der Waals surface area (Å²) in [7, 11) is 0. The topological polar surface area (TPSA) is 44.1 Å². The van der Waals surface area contributed by atoms with E-state index in [1.54, 1.807) is 0 Å². The molecule has 3 aromatic carbocycles. The number of nitrogens with zero attached hydrogens (tertiary/aromatic N) is 2. The van der Waals surface area contributed by atoms with Crippen LogP contribution in [0.25, 0.3) is 16.7 Å². The molecule has 4 nitrogen and oxygen atoms in total. The fraction of sp³-hybridized carbons (Fsp3) is 0.130. The number of hydrogen-bond donors (Lipinski definition) is 0. The lowest BCUT2D eigenvalue weighted by Gasteiger charge is -2.10. The van der Waals surface area contributed by atoms with Crippen LogP contribution in [0.5, 0.6) is 5.75 Å². The van der Waals surface area contributed by atoms with E-state index in [1.807, 2.05) is 60.0 Å². The summed E-state index contributed by atoms with van der Waals surface area (Å²) in [5.74, 6) is 0.597. The molecule has 6 heteroatoms. The van der Waals surface area contributed by atoms with Crippen molar-refractivity contribution in [3.63, 3.8) is 0 Å². The third kappa shape index (κ3) is 4.17. The van der Waals surface area contributed by atoms with Gasteiger partial charge in [-0.15, -0.1) is 0 Å². The highest BCUT2D eigenvalue weighted by molar-refractivity contribution is 7.99. The molecule has 0 aliphatic carbocycles. The highest BCUT2D eigenvalue weighted by Gasteiger charge is 2.15. The zero-order valence-electron chi connectivity index (χ0n) is 15.8. The Labute approximate surface area is 172 Å². The Morgan fingerprint density at radius 1 is 1.03 bits per heavy atom. The molecule has 1 heterocycles. The molecule has 1 aromatic heterocycles. The second-order valence-electron chi connectivity index (χ2n) is 6.36. The molecule has 146 valence electrons. The minimum Gasteiger partial charge on any atom is -0.494 e. The number of ether oxygens (including phenoxy) is 1. The Hall–Kier alpha value is -3.12.